The van der Waals surface area contributed by atoms with Gasteiger partial charge in [-0.25, -0.2) is 9.78 Å². The highest BCUT2D eigenvalue weighted by Gasteiger charge is 2.25. The topological polar surface area (TPSA) is 62.6 Å². The van der Waals surface area contributed by atoms with Crippen molar-refractivity contribution in [3.8, 4) is 5.75 Å². The zero-order chi connectivity index (χ0) is 20.4. The van der Waals surface area contributed by atoms with Crippen LogP contribution < -0.4 is 15.0 Å². The smallest absolute Gasteiger partial charge is 0.328 e. The van der Waals surface area contributed by atoms with Gasteiger partial charge in [0.1, 0.15) is 5.75 Å². The number of methoxy groups -OCH3 is 1. The highest BCUT2D eigenvalue weighted by Crippen LogP contribution is 2.26. The lowest BCUT2D eigenvalue weighted by Gasteiger charge is -2.36. The summed E-state index contributed by atoms with van der Waals surface area (Å²) in [5.74, 6) is 1.69. The first-order valence-corrected chi connectivity index (χ1v) is 9.97. The van der Waals surface area contributed by atoms with Crippen molar-refractivity contribution in [3.63, 3.8) is 0 Å². The van der Waals surface area contributed by atoms with Crippen LogP contribution in [0.5, 0.6) is 5.75 Å². The molecule has 29 heavy (non-hydrogen) atoms. The molecule has 0 aliphatic carbocycles. The molecule has 0 bridgehead atoms. The fourth-order valence-electron chi connectivity index (χ4n) is 3.74. The molecule has 1 N–H and O–H groups in total. The van der Waals surface area contributed by atoms with E-state index in [1.54, 1.807) is 11.7 Å². The Morgan fingerprint density at radius 2 is 1.93 bits per heavy atom. The summed E-state index contributed by atoms with van der Waals surface area (Å²) < 4.78 is 7.02. The number of hydrogen-bond donors (Lipinski definition) is 1. The molecule has 1 aromatic carbocycles. The summed E-state index contributed by atoms with van der Waals surface area (Å²) in [6.45, 7) is 7.03. The summed E-state index contributed by atoms with van der Waals surface area (Å²) in [5, 5.41) is 4.48. The van der Waals surface area contributed by atoms with Crippen LogP contribution in [0.4, 0.5) is 16.3 Å². The van der Waals surface area contributed by atoms with Crippen molar-refractivity contribution in [3.05, 3.63) is 48.8 Å². The zero-order valence-corrected chi connectivity index (χ0v) is 17.1. The number of amides is 1. The summed E-state index contributed by atoms with van der Waals surface area (Å²) in [6, 6.07) is 12.1. The van der Waals surface area contributed by atoms with Gasteiger partial charge >= 0.3 is 6.03 Å². The van der Waals surface area contributed by atoms with Gasteiger partial charge in [-0.15, -0.1) is 0 Å². The van der Waals surface area contributed by atoms with Crippen LogP contribution in [0.1, 0.15) is 13.8 Å². The molecule has 0 unspecified atom stereocenters. The lowest BCUT2D eigenvalue weighted by Crippen LogP contribution is -2.50. The van der Waals surface area contributed by atoms with E-state index in [2.05, 4.69) is 35.1 Å². The van der Waals surface area contributed by atoms with Gasteiger partial charge in [-0.05, 0) is 44.2 Å². The van der Waals surface area contributed by atoms with Crippen LogP contribution in [0.15, 0.2) is 48.8 Å². The highest BCUT2D eigenvalue weighted by atomic mass is 16.5. The van der Waals surface area contributed by atoms with E-state index in [0.29, 0.717) is 19.1 Å². The van der Waals surface area contributed by atoms with E-state index in [1.165, 1.54) is 0 Å². The van der Waals surface area contributed by atoms with Gasteiger partial charge in [-0.1, -0.05) is 0 Å². The van der Waals surface area contributed by atoms with E-state index in [-0.39, 0.29) is 6.03 Å². The van der Waals surface area contributed by atoms with Crippen molar-refractivity contribution in [1.29, 1.82) is 0 Å². The highest BCUT2D eigenvalue weighted by molar-refractivity contribution is 5.92. The molecule has 3 aromatic rings. The lowest BCUT2D eigenvalue weighted by molar-refractivity contribution is 0.197. The summed E-state index contributed by atoms with van der Waals surface area (Å²) >= 11 is 0. The number of carbonyl (C=O) groups excluding carboxylic acids is 1. The van der Waals surface area contributed by atoms with Crippen molar-refractivity contribution in [1.82, 2.24) is 14.5 Å². The number of aromatic nitrogens is 2. The molecule has 0 atom stereocenters. The first kappa shape index (κ1) is 19.1. The minimum Gasteiger partial charge on any atom is -0.497 e. The average molecular weight is 393 g/mol. The largest absolute Gasteiger partial charge is 0.497 e. The first-order chi connectivity index (χ1) is 14.1. The number of carbonyl (C=O) groups is 1. The predicted molar refractivity (Wildman–Crippen MR) is 116 cm³/mol. The van der Waals surface area contributed by atoms with Crippen LogP contribution >= 0.6 is 0 Å². The quantitative estimate of drug-likeness (QED) is 0.733. The monoisotopic (exact) mass is 393 g/mol. The average Bonchev–Trinajstić information content (AvgIpc) is 3.16. The lowest BCUT2D eigenvalue weighted by atomic mass is 10.2. The number of benzene rings is 1. The number of pyridine rings is 1. The fourth-order valence-corrected chi connectivity index (χ4v) is 3.74. The number of fused-ring (bicyclic) bond motifs is 1. The SMILES string of the molecule is COc1ccc2ccn(C(=O)N3CCN(c4ncccc4NC(C)C)CC3)c2c1. The summed E-state index contributed by atoms with van der Waals surface area (Å²) in [4.78, 5) is 21.8. The maximum absolute atomic E-state index is 13.1. The molecular formula is C22H27N5O2. The van der Waals surface area contributed by atoms with Gasteiger partial charge in [0.2, 0.25) is 0 Å². The van der Waals surface area contributed by atoms with Crippen LogP contribution in [0.25, 0.3) is 10.9 Å². The van der Waals surface area contributed by atoms with E-state index in [9.17, 15) is 4.79 Å². The van der Waals surface area contributed by atoms with E-state index in [0.717, 1.165) is 41.2 Å². The molecule has 7 heteroatoms. The Morgan fingerprint density at radius 3 is 2.66 bits per heavy atom. The molecule has 1 fully saturated rings. The standard InChI is InChI=1S/C22H27N5O2/c1-16(2)24-19-5-4-9-23-21(19)25-11-13-26(14-12-25)22(28)27-10-8-17-6-7-18(29-3)15-20(17)27/h4-10,15-16,24H,11-14H2,1-3H3. The molecule has 7 nitrogen and oxygen atoms in total. The Morgan fingerprint density at radius 1 is 1.14 bits per heavy atom. The predicted octanol–water partition coefficient (Wildman–Crippen LogP) is 3.66. The minimum absolute atomic E-state index is 0.00514. The third-order valence-corrected chi connectivity index (χ3v) is 5.19. The van der Waals surface area contributed by atoms with E-state index < -0.39 is 0 Å². The fraction of sp³-hybridized carbons (Fsp3) is 0.364. The van der Waals surface area contributed by atoms with Gasteiger partial charge in [0, 0.05) is 56.1 Å². The Hall–Kier alpha value is -3.22. The molecule has 1 saturated heterocycles. The summed E-state index contributed by atoms with van der Waals surface area (Å²) in [6.07, 6.45) is 3.65. The summed E-state index contributed by atoms with van der Waals surface area (Å²) in [7, 11) is 1.63. The van der Waals surface area contributed by atoms with E-state index in [4.69, 9.17) is 4.74 Å². The van der Waals surface area contributed by atoms with Gasteiger partial charge in [0.05, 0.1) is 18.3 Å². The van der Waals surface area contributed by atoms with Crippen molar-refractivity contribution in [2.75, 3.05) is 43.5 Å². The summed E-state index contributed by atoms with van der Waals surface area (Å²) in [5.41, 5.74) is 1.90. The molecule has 0 radical (unpaired) electrons. The molecule has 1 aliphatic rings. The number of nitrogens with one attached hydrogen (secondary N) is 1. The van der Waals surface area contributed by atoms with Crippen molar-refractivity contribution in [2.24, 2.45) is 0 Å². The van der Waals surface area contributed by atoms with Gasteiger partial charge in [0.15, 0.2) is 5.82 Å². The third-order valence-electron chi connectivity index (χ3n) is 5.19. The Bertz CT molecular complexity index is 1010. The zero-order valence-electron chi connectivity index (χ0n) is 17.1. The molecular weight excluding hydrogens is 366 g/mol. The molecule has 3 heterocycles. The van der Waals surface area contributed by atoms with Crippen LogP contribution in [-0.2, 0) is 0 Å². The van der Waals surface area contributed by atoms with Crippen LogP contribution in [0.3, 0.4) is 0 Å². The Labute approximate surface area is 170 Å². The number of rotatable bonds is 4. The molecule has 0 saturated carbocycles. The van der Waals surface area contributed by atoms with E-state index in [1.807, 2.05) is 47.6 Å². The van der Waals surface area contributed by atoms with E-state index >= 15 is 0 Å². The number of hydrogen-bond acceptors (Lipinski definition) is 5. The molecule has 0 spiro atoms. The second-order valence-corrected chi connectivity index (χ2v) is 7.54. The molecule has 152 valence electrons. The third kappa shape index (κ3) is 3.85. The molecule has 4 rings (SSSR count). The maximum Gasteiger partial charge on any atom is 0.328 e. The van der Waals surface area contributed by atoms with Crippen molar-refractivity contribution in [2.45, 2.75) is 19.9 Å². The van der Waals surface area contributed by atoms with Crippen LogP contribution in [0.2, 0.25) is 0 Å². The van der Waals surface area contributed by atoms with Gasteiger partial charge in [0.25, 0.3) is 0 Å². The number of piperazine rings is 1. The second kappa shape index (κ2) is 8.03. The maximum atomic E-state index is 13.1. The van der Waals surface area contributed by atoms with Gasteiger partial charge in [-0.3, -0.25) is 4.57 Å². The Balaban J connectivity index is 1.49. The second-order valence-electron chi connectivity index (χ2n) is 7.54. The number of ether oxygens (including phenoxy) is 1. The number of anilines is 2. The van der Waals surface area contributed by atoms with Crippen molar-refractivity contribution >= 4 is 28.4 Å². The minimum atomic E-state index is -0.00514. The first-order valence-electron chi connectivity index (χ1n) is 9.97. The number of nitrogens with zero attached hydrogens (tertiary/aromatic N) is 4. The Kier molecular flexibility index (Phi) is 5.29. The molecule has 2 aromatic heterocycles. The molecule has 1 aliphatic heterocycles. The van der Waals surface area contributed by atoms with Gasteiger partial charge in [-0.2, -0.15) is 0 Å². The van der Waals surface area contributed by atoms with Crippen LogP contribution in [-0.4, -0.2) is 59.8 Å². The van der Waals surface area contributed by atoms with Gasteiger partial charge < -0.3 is 19.9 Å². The van der Waals surface area contributed by atoms with Crippen molar-refractivity contribution < 1.29 is 9.53 Å². The molecule has 1 amide bonds. The van der Waals surface area contributed by atoms with Crippen LogP contribution in [0, 0.1) is 0 Å². The normalized spacial score (nSPS) is 14.5.